The maximum absolute atomic E-state index is 12.1. The highest BCUT2D eigenvalue weighted by molar-refractivity contribution is 7.08. The molecule has 1 aromatic carbocycles. The number of hydrogen-bond acceptors (Lipinski definition) is 3. The van der Waals surface area contributed by atoms with E-state index in [2.05, 4.69) is 33.6 Å². The molecular formula is C17H17ClN2OS. The molecule has 2 heterocycles. The van der Waals surface area contributed by atoms with Crippen molar-refractivity contribution in [1.82, 2.24) is 4.90 Å². The first-order valence-corrected chi connectivity index (χ1v) is 7.90. The summed E-state index contributed by atoms with van der Waals surface area (Å²) in [5.74, 6) is 5.59. The van der Waals surface area contributed by atoms with Gasteiger partial charge >= 0.3 is 0 Å². The van der Waals surface area contributed by atoms with Crippen molar-refractivity contribution in [3.8, 4) is 11.8 Å². The van der Waals surface area contributed by atoms with Crippen LogP contribution in [0.1, 0.15) is 5.56 Å². The average molecular weight is 333 g/mol. The fraction of sp³-hybridized carbons (Fsp3) is 0.235. The van der Waals surface area contributed by atoms with Gasteiger partial charge in [-0.25, -0.2) is 0 Å². The zero-order valence-corrected chi connectivity index (χ0v) is 13.7. The molecule has 0 aliphatic carbocycles. The van der Waals surface area contributed by atoms with Crippen LogP contribution in [0.5, 0.6) is 0 Å². The summed E-state index contributed by atoms with van der Waals surface area (Å²) < 4.78 is 0. The Kier molecular flexibility index (Phi) is 5.88. The lowest BCUT2D eigenvalue weighted by Crippen LogP contribution is -2.48. The molecule has 1 amide bonds. The van der Waals surface area contributed by atoms with Gasteiger partial charge in [-0.3, -0.25) is 4.79 Å². The van der Waals surface area contributed by atoms with Crippen LogP contribution in [0.2, 0.25) is 0 Å². The molecule has 3 rings (SSSR count). The Balaban J connectivity index is 0.00000176. The van der Waals surface area contributed by atoms with Crippen LogP contribution >= 0.6 is 23.7 Å². The average Bonchev–Trinajstić information content (AvgIpc) is 3.08. The van der Waals surface area contributed by atoms with Crippen LogP contribution in [0, 0.1) is 11.8 Å². The lowest BCUT2D eigenvalue weighted by Gasteiger charge is -2.34. The van der Waals surface area contributed by atoms with Crippen LogP contribution in [0.25, 0.3) is 0 Å². The van der Waals surface area contributed by atoms with Gasteiger partial charge in [0.05, 0.1) is 0 Å². The van der Waals surface area contributed by atoms with Gasteiger partial charge in [-0.2, -0.15) is 11.3 Å². The molecule has 0 atom stereocenters. The third kappa shape index (κ3) is 4.03. The highest BCUT2D eigenvalue weighted by Gasteiger charge is 2.20. The number of carbonyl (C=O) groups excluding carboxylic acids is 1. The highest BCUT2D eigenvalue weighted by atomic mass is 35.5. The van der Waals surface area contributed by atoms with Crippen molar-refractivity contribution in [2.45, 2.75) is 0 Å². The van der Waals surface area contributed by atoms with E-state index in [4.69, 9.17) is 0 Å². The predicted octanol–water partition coefficient (Wildman–Crippen LogP) is 2.87. The minimum Gasteiger partial charge on any atom is -0.367 e. The number of thiophene rings is 1. The molecule has 0 N–H and O–H groups in total. The van der Waals surface area contributed by atoms with Crippen LogP contribution in [0.15, 0.2) is 47.2 Å². The molecular weight excluding hydrogens is 316 g/mol. The Bertz CT molecular complexity index is 653. The second kappa shape index (κ2) is 7.88. The van der Waals surface area contributed by atoms with E-state index in [-0.39, 0.29) is 18.3 Å². The fourth-order valence-corrected chi connectivity index (χ4v) is 2.99. The summed E-state index contributed by atoms with van der Waals surface area (Å²) in [4.78, 5) is 16.2. The molecule has 1 fully saturated rings. The predicted molar refractivity (Wildman–Crippen MR) is 93.7 cm³/mol. The van der Waals surface area contributed by atoms with E-state index in [0.717, 1.165) is 31.7 Å². The molecule has 0 bridgehead atoms. The van der Waals surface area contributed by atoms with Gasteiger partial charge in [0.15, 0.2) is 0 Å². The molecule has 1 aliphatic heterocycles. The lowest BCUT2D eigenvalue weighted by atomic mass is 10.2. The van der Waals surface area contributed by atoms with Crippen LogP contribution in [-0.2, 0) is 4.79 Å². The molecule has 1 aromatic heterocycles. The number of benzene rings is 1. The first-order valence-electron chi connectivity index (χ1n) is 6.96. The van der Waals surface area contributed by atoms with Crippen molar-refractivity contribution >= 4 is 35.3 Å². The zero-order chi connectivity index (χ0) is 14.5. The number of halogens is 1. The van der Waals surface area contributed by atoms with Gasteiger partial charge in [0, 0.05) is 48.7 Å². The maximum Gasteiger partial charge on any atom is 0.298 e. The second-order valence-corrected chi connectivity index (χ2v) is 5.66. The highest BCUT2D eigenvalue weighted by Crippen LogP contribution is 2.19. The van der Waals surface area contributed by atoms with E-state index < -0.39 is 0 Å². The van der Waals surface area contributed by atoms with Crippen LogP contribution < -0.4 is 4.90 Å². The number of rotatable bonds is 1. The van der Waals surface area contributed by atoms with Crippen LogP contribution in [0.3, 0.4) is 0 Å². The molecule has 1 aliphatic rings. The van der Waals surface area contributed by atoms with Gasteiger partial charge in [0.2, 0.25) is 0 Å². The summed E-state index contributed by atoms with van der Waals surface area (Å²) in [6.45, 7) is 3.21. The Hall–Kier alpha value is -1.96. The zero-order valence-electron chi connectivity index (χ0n) is 12.1. The Morgan fingerprint density at radius 1 is 1.05 bits per heavy atom. The Labute approximate surface area is 141 Å². The van der Waals surface area contributed by atoms with Crippen molar-refractivity contribution in [2.75, 3.05) is 31.1 Å². The number of carbonyl (C=O) groups is 1. The lowest BCUT2D eigenvalue weighted by molar-refractivity contribution is -0.125. The first kappa shape index (κ1) is 16.4. The molecule has 0 spiro atoms. The van der Waals surface area contributed by atoms with Crippen LogP contribution in [-0.4, -0.2) is 37.0 Å². The number of nitrogens with zero attached hydrogens (tertiary/aromatic N) is 2. The minimum atomic E-state index is -0.0798. The summed E-state index contributed by atoms with van der Waals surface area (Å²) in [5.41, 5.74) is 2.13. The summed E-state index contributed by atoms with van der Waals surface area (Å²) in [7, 11) is 0. The molecule has 3 nitrogen and oxygen atoms in total. The van der Waals surface area contributed by atoms with Crippen molar-refractivity contribution in [1.29, 1.82) is 0 Å². The number of hydrogen-bond donors (Lipinski definition) is 0. The number of amides is 1. The Morgan fingerprint density at radius 2 is 1.77 bits per heavy atom. The summed E-state index contributed by atoms with van der Waals surface area (Å²) >= 11 is 1.70. The Morgan fingerprint density at radius 3 is 2.41 bits per heavy atom. The minimum absolute atomic E-state index is 0. The van der Waals surface area contributed by atoms with E-state index >= 15 is 0 Å². The normalized spacial score (nSPS) is 13.8. The summed E-state index contributed by atoms with van der Waals surface area (Å²) in [6, 6.07) is 11.7. The van der Waals surface area contributed by atoms with Gasteiger partial charge in [0.1, 0.15) is 0 Å². The molecule has 1 saturated heterocycles. The van der Waals surface area contributed by atoms with Crippen molar-refractivity contribution < 1.29 is 4.79 Å². The monoisotopic (exact) mass is 332 g/mol. The summed E-state index contributed by atoms with van der Waals surface area (Å²) in [6.07, 6.45) is 0. The van der Waals surface area contributed by atoms with Crippen molar-refractivity contribution in [3.63, 3.8) is 0 Å². The molecule has 22 heavy (non-hydrogen) atoms. The number of anilines is 1. The molecule has 5 heteroatoms. The van der Waals surface area contributed by atoms with Gasteiger partial charge in [-0.1, -0.05) is 24.1 Å². The fourth-order valence-electron chi connectivity index (χ4n) is 2.33. The standard InChI is InChI=1S/C17H16N2OS.ClH/c20-17(7-6-15-4-2-1-3-5-15)19-11-9-18(10-12-19)16-8-13-21-14-16;/h1-5,8,13-14H,9-12H2;1H. The third-order valence-corrected chi connectivity index (χ3v) is 4.20. The van der Waals surface area contributed by atoms with Gasteiger partial charge < -0.3 is 9.80 Å². The summed E-state index contributed by atoms with van der Waals surface area (Å²) in [5, 5.41) is 4.23. The van der Waals surface area contributed by atoms with E-state index in [1.165, 1.54) is 5.69 Å². The second-order valence-electron chi connectivity index (χ2n) is 4.88. The van der Waals surface area contributed by atoms with E-state index in [0.29, 0.717) is 0 Å². The van der Waals surface area contributed by atoms with E-state index in [9.17, 15) is 4.79 Å². The van der Waals surface area contributed by atoms with Crippen LogP contribution in [0.4, 0.5) is 5.69 Å². The maximum atomic E-state index is 12.1. The smallest absolute Gasteiger partial charge is 0.298 e. The molecule has 114 valence electrons. The van der Waals surface area contributed by atoms with Crippen molar-refractivity contribution in [2.24, 2.45) is 0 Å². The quantitative estimate of drug-likeness (QED) is 0.750. The molecule has 0 unspecified atom stereocenters. The van der Waals surface area contributed by atoms with E-state index in [1.54, 1.807) is 11.3 Å². The molecule has 0 radical (unpaired) electrons. The SMILES string of the molecule is Cl.O=C(C#Cc1ccccc1)N1CCN(c2ccsc2)CC1. The van der Waals surface area contributed by atoms with Gasteiger partial charge in [-0.15, -0.1) is 12.4 Å². The first-order chi connectivity index (χ1) is 10.3. The topological polar surface area (TPSA) is 23.6 Å². The largest absolute Gasteiger partial charge is 0.367 e. The van der Waals surface area contributed by atoms with E-state index in [1.807, 2.05) is 35.2 Å². The van der Waals surface area contributed by atoms with Crippen molar-refractivity contribution in [3.05, 3.63) is 52.7 Å². The molecule has 2 aromatic rings. The third-order valence-electron chi connectivity index (χ3n) is 3.53. The van der Waals surface area contributed by atoms with Gasteiger partial charge in [0.25, 0.3) is 5.91 Å². The van der Waals surface area contributed by atoms with Gasteiger partial charge in [-0.05, 0) is 23.6 Å². The molecule has 0 saturated carbocycles. The number of piperazine rings is 1.